The molecule has 0 saturated carbocycles. The Kier molecular flexibility index (Phi) is 4.88. The number of phenols is 3. The molecule has 0 atom stereocenters. The molecule has 3 rings (SSSR count). The highest BCUT2D eigenvalue weighted by molar-refractivity contribution is 5.89. The third-order valence-electron chi connectivity index (χ3n) is 3.00. The van der Waals surface area contributed by atoms with E-state index in [0.29, 0.717) is 11.3 Å². The molecule has 3 radical (unpaired) electrons. The third-order valence-corrected chi connectivity index (χ3v) is 3.00. The molecule has 111 valence electrons. The highest BCUT2D eigenvalue weighted by Crippen LogP contribution is 2.40. The van der Waals surface area contributed by atoms with E-state index in [1.807, 2.05) is 6.07 Å². The van der Waals surface area contributed by atoms with E-state index in [1.165, 1.54) is 6.07 Å². The first-order chi connectivity index (χ1) is 9.58. The summed E-state index contributed by atoms with van der Waals surface area (Å²) < 4.78 is 5.51. The summed E-state index contributed by atoms with van der Waals surface area (Å²) >= 11 is 0. The largest absolute Gasteiger partial charge is 0.504 e. The Bertz CT molecular complexity index is 856. The molecule has 0 spiro atoms. The molecule has 6 heteroatoms. The van der Waals surface area contributed by atoms with Crippen molar-refractivity contribution in [1.82, 2.24) is 0 Å². The Labute approximate surface area is 128 Å². The quantitative estimate of drug-likeness (QED) is 0.474. The molecule has 0 aliphatic heterocycles. The van der Waals surface area contributed by atoms with Crippen molar-refractivity contribution in [3.63, 3.8) is 0 Å². The zero-order valence-corrected chi connectivity index (χ0v) is 10.8. The lowest BCUT2D eigenvalue weighted by atomic mass is 10.1. The summed E-state index contributed by atoms with van der Waals surface area (Å²) in [4.78, 5) is 12.0. The van der Waals surface area contributed by atoms with E-state index in [9.17, 15) is 20.1 Å². The fourth-order valence-corrected chi connectivity index (χ4v) is 2.02. The van der Waals surface area contributed by atoms with Crippen LogP contribution in [0.4, 0.5) is 0 Å². The molecule has 0 aliphatic rings. The number of aromatic hydroxyl groups is 3. The summed E-state index contributed by atoms with van der Waals surface area (Å²) in [6.45, 7) is 0. The van der Waals surface area contributed by atoms with Crippen LogP contribution < -0.4 is 5.43 Å². The van der Waals surface area contributed by atoms with Gasteiger partial charge in [-0.05, 0) is 0 Å². The smallest absolute Gasteiger partial charge is 0.201 e. The Hall–Kier alpha value is -2.89. The number of fused-ring (bicyclic) bond motifs is 1. The van der Waals surface area contributed by atoms with Crippen LogP contribution in [-0.2, 0) is 0 Å². The predicted octanol–water partition coefficient (Wildman–Crippen LogP) is 2.83. The van der Waals surface area contributed by atoms with Gasteiger partial charge in [0, 0.05) is 26.1 Å². The molecule has 22 heavy (non-hydrogen) atoms. The van der Waals surface area contributed by atoms with Crippen LogP contribution >= 0.6 is 0 Å². The molecule has 0 bridgehead atoms. The van der Waals surface area contributed by atoms with E-state index in [0.717, 1.165) is 6.07 Å². The van der Waals surface area contributed by atoms with Crippen LogP contribution in [0.25, 0.3) is 22.3 Å². The van der Waals surface area contributed by atoms with Gasteiger partial charge in [-0.2, -0.15) is 0 Å². The maximum absolute atomic E-state index is 12.0. The lowest BCUT2D eigenvalue weighted by molar-refractivity contribution is 0.370. The first-order valence-corrected chi connectivity index (χ1v) is 5.85. The van der Waals surface area contributed by atoms with Crippen molar-refractivity contribution >= 4 is 19.4 Å². The maximum atomic E-state index is 12.0. The summed E-state index contributed by atoms with van der Waals surface area (Å²) in [6.07, 6.45) is 0. The summed E-state index contributed by atoms with van der Waals surface area (Å²) in [6, 6.07) is 11.3. The van der Waals surface area contributed by atoms with Gasteiger partial charge in [0.15, 0.2) is 16.9 Å². The first kappa shape index (κ1) is 17.2. The zero-order chi connectivity index (χ0) is 14.3. The van der Waals surface area contributed by atoms with Crippen LogP contribution in [0.1, 0.15) is 7.43 Å². The van der Waals surface area contributed by atoms with E-state index < -0.39 is 22.7 Å². The number of rotatable bonds is 1. The molecule has 0 unspecified atom stereocenters. The molecular weight excluding hydrogens is 283 g/mol. The highest BCUT2D eigenvalue weighted by atomic mass is 16.3. The molecule has 3 aromatic rings. The van der Waals surface area contributed by atoms with Crippen molar-refractivity contribution < 1.29 is 19.7 Å². The molecule has 0 aliphatic carbocycles. The van der Waals surface area contributed by atoms with Gasteiger partial charge in [0.05, 0.1) is 0 Å². The van der Waals surface area contributed by atoms with Crippen molar-refractivity contribution in [2.24, 2.45) is 0 Å². The normalized spacial score (nSPS) is 9.82. The van der Waals surface area contributed by atoms with E-state index in [2.05, 4.69) is 0 Å². The fourth-order valence-electron chi connectivity index (χ4n) is 2.02. The minimum Gasteiger partial charge on any atom is -0.504 e. The molecule has 0 amide bonds. The van der Waals surface area contributed by atoms with Gasteiger partial charge < -0.3 is 19.7 Å². The predicted molar refractivity (Wildman–Crippen MR) is 85.4 cm³/mol. The summed E-state index contributed by atoms with van der Waals surface area (Å²) in [5, 5.41) is 28.5. The highest BCUT2D eigenvalue weighted by Gasteiger charge is 2.17. The van der Waals surface area contributed by atoms with Crippen LogP contribution in [0.15, 0.2) is 51.7 Å². The van der Waals surface area contributed by atoms with Gasteiger partial charge in [0.2, 0.25) is 5.75 Å². The third kappa shape index (κ3) is 2.63. The summed E-state index contributed by atoms with van der Waals surface area (Å²) in [5.74, 6) is -1.67. The molecule has 3 N–H and O–H groups in total. The van der Waals surface area contributed by atoms with Gasteiger partial charge >= 0.3 is 0 Å². The van der Waals surface area contributed by atoms with Gasteiger partial charge in [-0.25, -0.2) is 0 Å². The maximum Gasteiger partial charge on any atom is 0.201 e. The van der Waals surface area contributed by atoms with Gasteiger partial charge in [0.25, 0.3) is 0 Å². The molecule has 5 nitrogen and oxygen atoms in total. The van der Waals surface area contributed by atoms with Crippen LogP contribution in [-0.4, -0.2) is 23.7 Å². The van der Waals surface area contributed by atoms with E-state index in [-0.39, 0.29) is 26.8 Å². The van der Waals surface area contributed by atoms with Gasteiger partial charge in [-0.3, -0.25) is 4.79 Å². The van der Waals surface area contributed by atoms with Crippen molar-refractivity contribution in [1.29, 1.82) is 0 Å². The second kappa shape index (κ2) is 6.26. The van der Waals surface area contributed by atoms with E-state index in [1.54, 1.807) is 24.3 Å². The topological polar surface area (TPSA) is 90.9 Å². The van der Waals surface area contributed by atoms with Gasteiger partial charge in [-0.15, -0.1) is 0 Å². The molecular formula is C16H14BO5. The van der Waals surface area contributed by atoms with Crippen LogP contribution in [0, 0.1) is 0 Å². The Balaban J connectivity index is 0.00000121. The average Bonchev–Trinajstić information content (AvgIpc) is 2.45. The van der Waals surface area contributed by atoms with Crippen molar-refractivity contribution in [2.75, 3.05) is 0 Å². The standard InChI is InChI=1S/C15H10O5.CH4.B/c16-9-6-11(8-4-2-1-3-5-8)20-12-7-10(17)14(18)15(19)13(9)12;;/h1-7,17-19H;1H4;. The van der Waals surface area contributed by atoms with Crippen LogP contribution in [0.5, 0.6) is 17.2 Å². The minimum absolute atomic E-state index is 0. The Morgan fingerprint density at radius 2 is 1.55 bits per heavy atom. The molecule has 2 aromatic carbocycles. The molecule has 0 fully saturated rings. The molecule has 1 heterocycles. The first-order valence-electron chi connectivity index (χ1n) is 5.85. The van der Waals surface area contributed by atoms with E-state index >= 15 is 0 Å². The number of hydrogen-bond acceptors (Lipinski definition) is 5. The summed E-state index contributed by atoms with van der Waals surface area (Å²) in [7, 11) is 0. The second-order valence-corrected chi connectivity index (χ2v) is 4.31. The average molecular weight is 297 g/mol. The summed E-state index contributed by atoms with van der Waals surface area (Å²) in [5.41, 5.74) is 0.195. The number of benzene rings is 2. The zero-order valence-electron chi connectivity index (χ0n) is 10.8. The molecule has 1 aromatic heterocycles. The second-order valence-electron chi connectivity index (χ2n) is 4.31. The van der Waals surface area contributed by atoms with Gasteiger partial charge in [0.1, 0.15) is 16.7 Å². The van der Waals surface area contributed by atoms with Crippen molar-refractivity contribution in [3.05, 3.63) is 52.7 Å². The van der Waals surface area contributed by atoms with Crippen LogP contribution in [0.3, 0.4) is 0 Å². The SMILES string of the molecule is C.O=c1cc(-c2ccccc2)oc2cc(O)c(O)c(O)c12.[B]. The number of phenolic OH excluding ortho intramolecular Hbond substituents is 3. The Morgan fingerprint density at radius 1 is 0.909 bits per heavy atom. The lowest BCUT2D eigenvalue weighted by Crippen LogP contribution is -2.00. The fraction of sp³-hybridized carbons (Fsp3) is 0.0625. The number of hydrogen-bond donors (Lipinski definition) is 3. The van der Waals surface area contributed by atoms with Crippen molar-refractivity contribution in [3.8, 4) is 28.6 Å². The Morgan fingerprint density at radius 3 is 2.18 bits per heavy atom. The van der Waals surface area contributed by atoms with E-state index in [4.69, 9.17) is 4.42 Å². The minimum atomic E-state index is -0.739. The monoisotopic (exact) mass is 297 g/mol. The molecule has 0 saturated heterocycles. The van der Waals surface area contributed by atoms with Crippen molar-refractivity contribution in [2.45, 2.75) is 7.43 Å². The lowest BCUT2D eigenvalue weighted by Gasteiger charge is -2.06. The van der Waals surface area contributed by atoms with Crippen LogP contribution in [0.2, 0.25) is 0 Å². The van der Waals surface area contributed by atoms with Gasteiger partial charge in [-0.1, -0.05) is 37.8 Å².